The van der Waals surface area contributed by atoms with Crippen LogP contribution in [0.2, 0.25) is 0 Å². The van der Waals surface area contributed by atoms with Crippen LogP contribution in [0.4, 0.5) is 0 Å². The van der Waals surface area contributed by atoms with Crippen LogP contribution in [0.5, 0.6) is 0 Å². The first kappa shape index (κ1) is 28.0. The maximum atomic E-state index is 12.4. The van der Waals surface area contributed by atoms with Crippen molar-refractivity contribution in [2.45, 2.75) is 135 Å². The van der Waals surface area contributed by atoms with Gasteiger partial charge in [0.1, 0.15) is 12.2 Å². The summed E-state index contributed by atoms with van der Waals surface area (Å²) >= 11 is 0. The average molecular weight is 543 g/mol. The molecule has 0 spiro atoms. The molecule has 6 nitrogen and oxygen atoms in total. The molecule has 0 aromatic rings. The molecule has 2 aliphatic heterocycles. The number of hydrogen-bond acceptors (Lipinski definition) is 6. The standard InChI is InChI=1S/C33H54N2O4/c1-22(36)38-30-19-24-11-12-25-26(33(24,4)21-29(30)35-17-9-6-10-18-35)13-14-32(3)27(25)20-28(31(32)39-23(2)37)34-15-7-5-8-16-34/h24-31H,5-21H2,1-4H3/t24?,25-,26-,27+,28?,29?,30?,31?,32+,33+/m1/s1. The molecule has 0 amide bonds. The second-order valence-corrected chi connectivity index (χ2v) is 14.9. The highest BCUT2D eigenvalue weighted by atomic mass is 16.5. The van der Waals surface area contributed by atoms with Gasteiger partial charge in [0.15, 0.2) is 0 Å². The summed E-state index contributed by atoms with van der Waals surface area (Å²) in [6.07, 6.45) is 16.2. The van der Waals surface area contributed by atoms with Gasteiger partial charge >= 0.3 is 11.9 Å². The zero-order valence-electron chi connectivity index (χ0n) is 25.2. The van der Waals surface area contributed by atoms with Gasteiger partial charge in [0.05, 0.1) is 0 Å². The third kappa shape index (κ3) is 4.98. The number of rotatable bonds is 4. The van der Waals surface area contributed by atoms with Gasteiger partial charge < -0.3 is 9.47 Å². The van der Waals surface area contributed by atoms with Crippen molar-refractivity contribution in [2.24, 2.45) is 34.5 Å². The van der Waals surface area contributed by atoms with Crippen LogP contribution in [0.3, 0.4) is 0 Å². The Morgan fingerprint density at radius 3 is 1.92 bits per heavy atom. The molecule has 2 saturated heterocycles. The first-order chi connectivity index (χ1) is 18.7. The predicted molar refractivity (Wildman–Crippen MR) is 152 cm³/mol. The van der Waals surface area contributed by atoms with Gasteiger partial charge in [-0.05, 0) is 126 Å². The van der Waals surface area contributed by atoms with Gasteiger partial charge in [0.2, 0.25) is 0 Å². The van der Waals surface area contributed by atoms with Crippen LogP contribution in [0.25, 0.3) is 0 Å². The molecule has 0 aromatic heterocycles. The lowest BCUT2D eigenvalue weighted by atomic mass is 9.44. The Balaban J connectivity index is 1.27. The Kier molecular flexibility index (Phi) is 7.85. The van der Waals surface area contributed by atoms with Gasteiger partial charge in [-0.1, -0.05) is 26.7 Å². The molecule has 2 heterocycles. The molecular weight excluding hydrogens is 488 g/mol. The van der Waals surface area contributed by atoms with Crippen molar-refractivity contribution in [1.82, 2.24) is 9.80 Å². The number of fused-ring (bicyclic) bond motifs is 5. The molecule has 6 rings (SSSR count). The number of carbonyl (C=O) groups is 2. The minimum atomic E-state index is -0.112. The molecule has 0 N–H and O–H groups in total. The van der Waals surface area contributed by atoms with Gasteiger partial charge in [0.25, 0.3) is 0 Å². The minimum Gasteiger partial charge on any atom is -0.461 e. The van der Waals surface area contributed by atoms with Gasteiger partial charge in [-0.2, -0.15) is 0 Å². The number of esters is 2. The third-order valence-corrected chi connectivity index (χ3v) is 12.9. The second-order valence-electron chi connectivity index (χ2n) is 14.9. The van der Waals surface area contributed by atoms with E-state index in [-0.39, 0.29) is 29.6 Å². The van der Waals surface area contributed by atoms with E-state index in [4.69, 9.17) is 9.47 Å². The van der Waals surface area contributed by atoms with Crippen molar-refractivity contribution in [1.29, 1.82) is 0 Å². The lowest BCUT2D eigenvalue weighted by Crippen LogP contribution is -2.61. The molecule has 6 aliphatic rings. The summed E-state index contributed by atoms with van der Waals surface area (Å²) < 4.78 is 12.3. The van der Waals surface area contributed by atoms with Crippen molar-refractivity contribution < 1.29 is 19.1 Å². The SMILES string of the molecule is CC(=O)OC1CC2CC[C@@H]3[C@@H](CC[C@]4(C)C(OC(C)=O)C(N5CCCCC5)C[C@@H]34)[C@@]2(C)CC1N1CCCCC1. The van der Waals surface area contributed by atoms with Crippen LogP contribution in [-0.2, 0) is 19.1 Å². The summed E-state index contributed by atoms with van der Waals surface area (Å²) in [7, 11) is 0. The van der Waals surface area contributed by atoms with E-state index in [1.54, 1.807) is 13.8 Å². The summed E-state index contributed by atoms with van der Waals surface area (Å²) in [5.74, 6) is 2.49. The predicted octanol–water partition coefficient (Wildman–Crippen LogP) is 5.82. The van der Waals surface area contributed by atoms with E-state index in [0.29, 0.717) is 35.3 Å². The highest BCUT2D eigenvalue weighted by Crippen LogP contribution is 2.67. The summed E-state index contributed by atoms with van der Waals surface area (Å²) in [5.41, 5.74) is 0.377. The molecule has 4 aliphatic carbocycles. The summed E-state index contributed by atoms with van der Waals surface area (Å²) in [5, 5.41) is 0. The molecule has 0 aromatic carbocycles. The van der Waals surface area contributed by atoms with E-state index in [0.717, 1.165) is 38.5 Å². The van der Waals surface area contributed by atoms with Crippen molar-refractivity contribution in [3.63, 3.8) is 0 Å². The normalized spacial score (nSPS) is 47.0. The van der Waals surface area contributed by atoms with E-state index in [2.05, 4.69) is 23.6 Å². The fraction of sp³-hybridized carbons (Fsp3) is 0.939. The van der Waals surface area contributed by atoms with Crippen LogP contribution < -0.4 is 0 Å². The molecule has 0 radical (unpaired) electrons. The van der Waals surface area contributed by atoms with E-state index in [1.807, 2.05) is 0 Å². The first-order valence-corrected chi connectivity index (χ1v) is 16.5. The molecular formula is C33H54N2O4. The quantitative estimate of drug-likeness (QED) is 0.417. The number of piperidine rings is 2. The number of likely N-dealkylation sites (tertiary alicyclic amines) is 2. The highest BCUT2D eigenvalue weighted by Gasteiger charge is 2.65. The molecule has 4 saturated carbocycles. The van der Waals surface area contributed by atoms with E-state index in [1.165, 1.54) is 77.0 Å². The maximum Gasteiger partial charge on any atom is 0.302 e. The molecule has 220 valence electrons. The zero-order valence-corrected chi connectivity index (χ0v) is 25.2. The maximum absolute atomic E-state index is 12.4. The van der Waals surface area contributed by atoms with Crippen LogP contribution in [0.1, 0.15) is 111 Å². The van der Waals surface area contributed by atoms with Crippen molar-refractivity contribution in [3.8, 4) is 0 Å². The average Bonchev–Trinajstić information content (AvgIpc) is 3.21. The van der Waals surface area contributed by atoms with E-state index >= 15 is 0 Å². The molecule has 5 unspecified atom stereocenters. The lowest BCUT2D eigenvalue weighted by molar-refractivity contribution is -0.180. The topological polar surface area (TPSA) is 59.1 Å². The van der Waals surface area contributed by atoms with Crippen LogP contribution in [-0.4, -0.2) is 72.2 Å². The number of hydrogen-bond donors (Lipinski definition) is 0. The smallest absolute Gasteiger partial charge is 0.302 e. The third-order valence-electron chi connectivity index (χ3n) is 12.9. The lowest BCUT2D eigenvalue weighted by Gasteiger charge is -2.62. The first-order valence-electron chi connectivity index (χ1n) is 16.5. The Hall–Kier alpha value is -1.14. The fourth-order valence-corrected chi connectivity index (χ4v) is 11.2. The van der Waals surface area contributed by atoms with Crippen molar-refractivity contribution >= 4 is 11.9 Å². The number of carbonyl (C=O) groups excluding carboxylic acids is 2. The van der Waals surface area contributed by atoms with Crippen LogP contribution >= 0.6 is 0 Å². The van der Waals surface area contributed by atoms with Gasteiger partial charge in [-0.3, -0.25) is 19.4 Å². The number of ether oxygens (including phenoxy) is 2. The summed E-state index contributed by atoms with van der Waals surface area (Å²) in [6.45, 7) is 12.9. The molecule has 6 heteroatoms. The van der Waals surface area contributed by atoms with Gasteiger partial charge in [-0.25, -0.2) is 0 Å². The van der Waals surface area contributed by atoms with Crippen molar-refractivity contribution in [3.05, 3.63) is 0 Å². The Labute approximate surface area is 236 Å². The molecule has 0 bridgehead atoms. The summed E-state index contributed by atoms with van der Waals surface area (Å²) in [4.78, 5) is 29.9. The van der Waals surface area contributed by atoms with Crippen LogP contribution in [0.15, 0.2) is 0 Å². The molecule has 6 fully saturated rings. The van der Waals surface area contributed by atoms with Crippen molar-refractivity contribution in [2.75, 3.05) is 26.2 Å². The molecule has 39 heavy (non-hydrogen) atoms. The second kappa shape index (κ2) is 10.9. The Bertz CT molecular complexity index is 913. The number of nitrogens with zero attached hydrogens (tertiary/aromatic N) is 2. The van der Waals surface area contributed by atoms with Gasteiger partial charge in [-0.15, -0.1) is 0 Å². The Morgan fingerprint density at radius 1 is 0.692 bits per heavy atom. The Morgan fingerprint density at radius 2 is 1.31 bits per heavy atom. The minimum absolute atomic E-state index is 0.0328. The zero-order chi connectivity index (χ0) is 27.4. The van der Waals surface area contributed by atoms with E-state index < -0.39 is 0 Å². The van der Waals surface area contributed by atoms with Crippen LogP contribution in [0, 0.1) is 34.5 Å². The highest BCUT2D eigenvalue weighted by molar-refractivity contribution is 5.66. The summed E-state index contributed by atoms with van der Waals surface area (Å²) in [6, 6.07) is 0.746. The van der Waals surface area contributed by atoms with Gasteiger partial charge in [0, 0.05) is 31.3 Å². The largest absolute Gasteiger partial charge is 0.461 e. The fourth-order valence-electron chi connectivity index (χ4n) is 11.2. The van der Waals surface area contributed by atoms with E-state index in [9.17, 15) is 9.59 Å². The monoisotopic (exact) mass is 542 g/mol. The molecule has 10 atom stereocenters.